The summed E-state index contributed by atoms with van der Waals surface area (Å²) in [6, 6.07) is 10.2. The molecule has 2 aromatic heterocycles. The third-order valence-corrected chi connectivity index (χ3v) is 4.80. The highest BCUT2D eigenvalue weighted by Crippen LogP contribution is 2.32. The molecule has 0 amide bonds. The molecule has 4 rings (SSSR count). The Morgan fingerprint density at radius 2 is 1.76 bits per heavy atom. The minimum atomic E-state index is -4.56. The molecule has 1 aromatic carbocycles. The molecular weight excluding hydrogens is 450 g/mol. The van der Waals surface area contributed by atoms with Crippen LogP contribution in [0.25, 0.3) is 5.57 Å². The normalized spacial score (nSPS) is 14.0. The van der Waals surface area contributed by atoms with Gasteiger partial charge in [0.05, 0.1) is 5.69 Å². The molecule has 0 fully saturated rings. The van der Waals surface area contributed by atoms with E-state index in [2.05, 4.69) is 20.3 Å². The van der Waals surface area contributed by atoms with Crippen LogP contribution in [0, 0.1) is 0 Å². The van der Waals surface area contributed by atoms with Crippen LogP contribution < -0.4 is 15.8 Å². The first-order valence-electron chi connectivity index (χ1n) is 10.1. The van der Waals surface area contributed by atoms with Crippen molar-refractivity contribution in [3.8, 4) is 11.5 Å². The Kier molecular flexibility index (Phi) is 6.31. The van der Waals surface area contributed by atoms with E-state index in [4.69, 9.17) is 10.5 Å². The number of nitrogens with two attached hydrogens (primary N) is 1. The lowest BCUT2D eigenvalue weighted by Gasteiger charge is -2.11. The quantitative estimate of drug-likeness (QED) is 0.410. The van der Waals surface area contributed by atoms with Gasteiger partial charge in [-0.2, -0.15) is 18.2 Å². The van der Waals surface area contributed by atoms with Gasteiger partial charge < -0.3 is 15.8 Å². The first-order chi connectivity index (χ1) is 16.2. The molecule has 0 saturated heterocycles. The summed E-state index contributed by atoms with van der Waals surface area (Å²) in [7, 11) is 0. The lowest BCUT2D eigenvalue weighted by molar-refractivity contribution is -0.141. The molecule has 0 saturated carbocycles. The molecule has 34 heavy (non-hydrogen) atoms. The first kappa shape index (κ1) is 23.0. The molecule has 3 N–H and O–H groups in total. The number of anilines is 3. The topological polar surface area (TPSA) is 86.0 Å². The van der Waals surface area contributed by atoms with Crippen LogP contribution in [0.3, 0.4) is 0 Å². The molecule has 6 nitrogen and oxygen atoms in total. The molecular formula is C24H19F4N5O. The minimum absolute atomic E-state index is 0.00716. The number of pyridine rings is 1. The van der Waals surface area contributed by atoms with Crippen LogP contribution in [0.2, 0.25) is 0 Å². The van der Waals surface area contributed by atoms with E-state index in [1.54, 1.807) is 42.5 Å². The minimum Gasteiger partial charge on any atom is -0.457 e. The van der Waals surface area contributed by atoms with Crippen molar-refractivity contribution in [3.63, 3.8) is 0 Å². The Balaban J connectivity index is 1.50. The molecule has 1 aliphatic carbocycles. The highest BCUT2D eigenvalue weighted by Gasteiger charge is 2.32. The number of ether oxygens (including phenoxy) is 1. The largest absolute Gasteiger partial charge is 0.457 e. The van der Waals surface area contributed by atoms with Crippen LogP contribution in [0.5, 0.6) is 11.5 Å². The molecule has 3 aromatic rings. The molecule has 174 valence electrons. The molecule has 2 heterocycles. The second kappa shape index (κ2) is 9.34. The smallest absolute Gasteiger partial charge is 0.433 e. The van der Waals surface area contributed by atoms with Crippen LogP contribution in [-0.2, 0) is 6.18 Å². The summed E-state index contributed by atoms with van der Waals surface area (Å²) in [5.41, 5.74) is 7.07. The summed E-state index contributed by atoms with van der Waals surface area (Å²) in [5, 5.41) is 3.06. The van der Waals surface area contributed by atoms with Crippen molar-refractivity contribution in [1.82, 2.24) is 15.0 Å². The Bertz CT molecular complexity index is 1300. The van der Waals surface area contributed by atoms with Gasteiger partial charge >= 0.3 is 6.18 Å². The molecule has 0 aliphatic heterocycles. The Hall–Kier alpha value is -4.21. The summed E-state index contributed by atoms with van der Waals surface area (Å²) < 4.78 is 58.5. The number of halogens is 4. The third-order valence-electron chi connectivity index (χ3n) is 4.80. The van der Waals surface area contributed by atoms with Crippen LogP contribution in [0.4, 0.5) is 35.0 Å². The highest BCUT2D eigenvalue weighted by molar-refractivity contribution is 5.78. The predicted molar refractivity (Wildman–Crippen MR) is 121 cm³/mol. The van der Waals surface area contributed by atoms with Gasteiger partial charge in [0.1, 0.15) is 28.8 Å². The van der Waals surface area contributed by atoms with Crippen LogP contribution in [0.1, 0.15) is 24.7 Å². The number of hydrogen-bond donors (Lipinski definition) is 2. The number of aromatic nitrogens is 3. The van der Waals surface area contributed by atoms with E-state index in [9.17, 15) is 17.6 Å². The van der Waals surface area contributed by atoms with Crippen molar-refractivity contribution in [3.05, 3.63) is 89.7 Å². The summed E-state index contributed by atoms with van der Waals surface area (Å²) in [6.45, 7) is 1.90. The Morgan fingerprint density at radius 1 is 1.00 bits per heavy atom. The maximum atomic E-state index is 14.5. The number of nitrogens with one attached hydrogen (secondary N) is 1. The summed E-state index contributed by atoms with van der Waals surface area (Å²) in [4.78, 5) is 11.6. The summed E-state index contributed by atoms with van der Waals surface area (Å²) in [5.74, 6) is 0.231. The van der Waals surface area contributed by atoms with Gasteiger partial charge in [0, 0.05) is 29.6 Å². The van der Waals surface area contributed by atoms with Gasteiger partial charge in [-0.3, -0.25) is 4.98 Å². The van der Waals surface area contributed by atoms with Crippen LogP contribution in [0.15, 0.2) is 78.3 Å². The number of allylic oxidation sites excluding steroid dienone is 6. The van der Waals surface area contributed by atoms with E-state index >= 15 is 0 Å². The fraction of sp³-hybridized carbons (Fsp3) is 0.125. The van der Waals surface area contributed by atoms with Gasteiger partial charge in [0.2, 0.25) is 5.95 Å². The number of hydrogen-bond acceptors (Lipinski definition) is 6. The van der Waals surface area contributed by atoms with E-state index in [0.717, 1.165) is 17.8 Å². The first-order valence-corrected chi connectivity index (χ1v) is 10.1. The van der Waals surface area contributed by atoms with Crippen LogP contribution >= 0.6 is 0 Å². The lowest BCUT2D eigenvalue weighted by atomic mass is 10.1. The number of alkyl halides is 3. The van der Waals surface area contributed by atoms with Crippen molar-refractivity contribution in [2.45, 2.75) is 19.5 Å². The predicted octanol–water partition coefficient (Wildman–Crippen LogP) is 6.60. The molecule has 0 spiro atoms. The average molecular weight is 469 g/mol. The summed E-state index contributed by atoms with van der Waals surface area (Å²) in [6.07, 6.45) is 1.89. The van der Waals surface area contributed by atoms with Crippen molar-refractivity contribution < 1.29 is 22.3 Å². The van der Waals surface area contributed by atoms with Gasteiger partial charge in [-0.15, -0.1) is 0 Å². The highest BCUT2D eigenvalue weighted by atomic mass is 19.4. The second-order valence-corrected chi connectivity index (χ2v) is 7.47. The standard InChI is InChI=1S/C24H19F4N5O/c1-14-2-8-18(19(25)9-3-14)20-13-22(33-23(29)32-20)31-15-4-6-16(7-5-15)34-17-10-11-30-21(12-17)24(26,27)28/h3-13H,2H2,1H3,(H3,29,31,32,33). The molecule has 1 aliphatic rings. The van der Waals surface area contributed by atoms with Crippen molar-refractivity contribution in [2.24, 2.45) is 0 Å². The second-order valence-electron chi connectivity index (χ2n) is 7.47. The van der Waals surface area contributed by atoms with E-state index in [1.807, 2.05) is 6.92 Å². The fourth-order valence-corrected chi connectivity index (χ4v) is 3.15. The maximum Gasteiger partial charge on any atom is 0.433 e. The third kappa shape index (κ3) is 5.58. The molecule has 0 unspecified atom stereocenters. The Labute approximate surface area is 192 Å². The van der Waals surface area contributed by atoms with Gasteiger partial charge in [0.15, 0.2) is 0 Å². The zero-order valence-corrected chi connectivity index (χ0v) is 17.9. The maximum absolute atomic E-state index is 14.5. The van der Waals surface area contributed by atoms with Crippen molar-refractivity contribution in [2.75, 3.05) is 11.1 Å². The monoisotopic (exact) mass is 469 g/mol. The van der Waals surface area contributed by atoms with Gasteiger partial charge in [0.25, 0.3) is 0 Å². The SMILES string of the molecule is CC1=CC=C(F)C(c2cc(Nc3ccc(Oc4ccnc(C(F)(F)F)c4)cc3)nc(N)n2)=CC1. The molecule has 0 radical (unpaired) electrons. The molecule has 0 bridgehead atoms. The Morgan fingerprint density at radius 3 is 2.50 bits per heavy atom. The number of nitrogens with zero attached hydrogens (tertiary/aromatic N) is 3. The lowest BCUT2D eigenvalue weighted by Crippen LogP contribution is -2.07. The van der Waals surface area contributed by atoms with E-state index < -0.39 is 17.7 Å². The number of benzene rings is 1. The zero-order chi connectivity index (χ0) is 24.3. The zero-order valence-electron chi connectivity index (χ0n) is 17.9. The summed E-state index contributed by atoms with van der Waals surface area (Å²) >= 11 is 0. The van der Waals surface area contributed by atoms with E-state index in [0.29, 0.717) is 34.9 Å². The molecule has 10 heteroatoms. The number of nitrogen functional groups attached to an aromatic ring is 1. The number of rotatable bonds is 5. The van der Waals surface area contributed by atoms with Gasteiger partial charge in [-0.05, 0) is 49.8 Å². The van der Waals surface area contributed by atoms with E-state index in [-0.39, 0.29) is 11.7 Å². The fourth-order valence-electron chi connectivity index (χ4n) is 3.15. The van der Waals surface area contributed by atoms with Gasteiger partial charge in [-0.1, -0.05) is 17.7 Å². The van der Waals surface area contributed by atoms with Crippen molar-refractivity contribution in [1.29, 1.82) is 0 Å². The molecule has 0 atom stereocenters. The van der Waals surface area contributed by atoms with Crippen LogP contribution in [-0.4, -0.2) is 15.0 Å². The van der Waals surface area contributed by atoms with E-state index in [1.165, 1.54) is 12.1 Å². The van der Waals surface area contributed by atoms with Gasteiger partial charge in [-0.25, -0.2) is 9.37 Å². The van der Waals surface area contributed by atoms with Crippen molar-refractivity contribution >= 4 is 23.0 Å². The average Bonchev–Trinajstić information content (AvgIpc) is 2.95.